The lowest BCUT2D eigenvalue weighted by Gasteiger charge is -1.98. The van der Waals surface area contributed by atoms with Gasteiger partial charge in [0.25, 0.3) is 0 Å². The Balaban J connectivity index is 2.95. The van der Waals surface area contributed by atoms with E-state index in [1.807, 2.05) is 0 Å². The van der Waals surface area contributed by atoms with Crippen molar-refractivity contribution in [3.8, 4) is 0 Å². The first-order valence-electron chi connectivity index (χ1n) is 2.95. The zero-order valence-corrected chi connectivity index (χ0v) is 7.08. The molecule has 1 heterocycles. The van der Waals surface area contributed by atoms with Gasteiger partial charge in [-0.3, -0.25) is 4.79 Å². The van der Waals surface area contributed by atoms with Gasteiger partial charge in [-0.05, 0) is 33.6 Å². The Bertz CT molecular complexity index is 266. The van der Waals surface area contributed by atoms with Crippen LogP contribution in [0.1, 0.15) is 11.7 Å². The molecule has 58 valence electrons. The Morgan fingerprint density at radius 1 is 1.73 bits per heavy atom. The van der Waals surface area contributed by atoms with E-state index in [0.717, 1.165) is 0 Å². The predicted molar refractivity (Wildman–Crippen MR) is 41.9 cm³/mol. The van der Waals surface area contributed by atoms with Crippen LogP contribution in [0.2, 0.25) is 0 Å². The van der Waals surface area contributed by atoms with Gasteiger partial charge in [-0.15, -0.1) is 0 Å². The number of hydrogen-bond donors (Lipinski definition) is 0. The zero-order valence-electron chi connectivity index (χ0n) is 5.50. The van der Waals surface area contributed by atoms with Gasteiger partial charge in [0.15, 0.2) is 12.5 Å². The first-order chi connectivity index (χ1) is 5.24. The molecule has 4 heteroatoms. The highest BCUT2D eigenvalue weighted by Gasteiger charge is 2.07. The molecule has 0 aliphatic heterocycles. The SMILES string of the molecule is O=CC(F)c1ccnc(Br)c1. The molecule has 0 aromatic carbocycles. The monoisotopic (exact) mass is 217 g/mol. The molecule has 1 aromatic heterocycles. The molecule has 1 atom stereocenters. The highest BCUT2D eigenvalue weighted by atomic mass is 79.9. The third-order valence-electron chi connectivity index (χ3n) is 1.19. The predicted octanol–water partition coefficient (Wildman–Crippen LogP) is 2.05. The third-order valence-corrected chi connectivity index (χ3v) is 1.62. The number of nitrogens with zero attached hydrogens (tertiary/aromatic N) is 1. The molecule has 0 bridgehead atoms. The van der Waals surface area contributed by atoms with Crippen molar-refractivity contribution in [3.05, 3.63) is 28.5 Å². The minimum Gasteiger partial charge on any atom is -0.300 e. The number of aldehydes is 1. The molecule has 0 aliphatic rings. The average Bonchev–Trinajstić information content (AvgIpc) is 2.03. The number of carbonyl (C=O) groups excluding carboxylic acids is 1. The summed E-state index contributed by atoms with van der Waals surface area (Å²) in [6.45, 7) is 0. The molecular weight excluding hydrogens is 213 g/mol. The second-order valence-electron chi connectivity index (χ2n) is 1.95. The van der Waals surface area contributed by atoms with Crippen LogP contribution < -0.4 is 0 Å². The smallest absolute Gasteiger partial charge is 0.180 e. The van der Waals surface area contributed by atoms with Gasteiger partial charge in [0.1, 0.15) is 4.60 Å². The van der Waals surface area contributed by atoms with Crippen LogP contribution in [-0.4, -0.2) is 11.3 Å². The van der Waals surface area contributed by atoms with Crippen molar-refractivity contribution in [1.29, 1.82) is 0 Å². The van der Waals surface area contributed by atoms with E-state index < -0.39 is 6.17 Å². The fraction of sp³-hybridized carbons (Fsp3) is 0.143. The van der Waals surface area contributed by atoms with Crippen LogP contribution in [0.4, 0.5) is 4.39 Å². The number of carbonyl (C=O) groups is 1. The van der Waals surface area contributed by atoms with Crippen LogP contribution in [0.25, 0.3) is 0 Å². The van der Waals surface area contributed by atoms with Crippen LogP contribution >= 0.6 is 15.9 Å². The number of pyridine rings is 1. The lowest BCUT2D eigenvalue weighted by molar-refractivity contribution is -0.112. The zero-order chi connectivity index (χ0) is 8.27. The number of alkyl halides is 1. The molecule has 1 rings (SSSR count). The summed E-state index contributed by atoms with van der Waals surface area (Å²) in [4.78, 5) is 13.8. The van der Waals surface area contributed by atoms with Crippen molar-refractivity contribution in [3.63, 3.8) is 0 Å². The minimum absolute atomic E-state index is 0.252. The highest BCUT2D eigenvalue weighted by Crippen LogP contribution is 2.16. The molecule has 0 spiro atoms. The lowest BCUT2D eigenvalue weighted by atomic mass is 10.2. The van der Waals surface area contributed by atoms with E-state index in [1.54, 1.807) is 0 Å². The van der Waals surface area contributed by atoms with Crippen LogP contribution in [-0.2, 0) is 4.79 Å². The van der Waals surface area contributed by atoms with Gasteiger partial charge in [0.05, 0.1) is 0 Å². The molecule has 0 N–H and O–H groups in total. The lowest BCUT2D eigenvalue weighted by Crippen LogP contribution is -1.92. The van der Waals surface area contributed by atoms with Crippen LogP contribution in [0.3, 0.4) is 0 Å². The summed E-state index contributed by atoms with van der Waals surface area (Å²) in [7, 11) is 0. The number of rotatable bonds is 2. The Morgan fingerprint density at radius 3 is 3.00 bits per heavy atom. The second-order valence-corrected chi connectivity index (χ2v) is 2.76. The molecule has 0 saturated heterocycles. The molecule has 1 unspecified atom stereocenters. The van der Waals surface area contributed by atoms with Crippen molar-refractivity contribution >= 4 is 22.2 Å². The maximum atomic E-state index is 12.6. The normalized spacial score (nSPS) is 12.5. The Labute approximate surface area is 71.6 Å². The maximum absolute atomic E-state index is 12.6. The fourth-order valence-electron chi connectivity index (χ4n) is 0.668. The Kier molecular flexibility index (Phi) is 2.70. The molecule has 2 nitrogen and oxygen atoms in total. The van der Waals surface area contributed by atoms with Crippen molar-refractivity contribution in [1.82, 2.24) is 4.98 Å². The van der Waals surface area contributed by atoms with Gasteiger partial charge in [0, 0.05) is 6.20 Å². The highest BCUT2D eigenvalue weighted by molar-refractivity contribution is 9.10. The first kappa shape index (κ1) is 8.33. The van der Waals surface area contributed by atoms with Crippen molar-refractivity contribution in [2.45, 2.75) is 6.17 Å². The second kappa shape index (κ2) is 3.57. The van der Waals surface area contributed by atoms with Gasteiger partial charge in [-0.25, -0.2) is 9.37 Å². The average molecular weight is 218 g/mol. The van der Waals surface area contributed by atoms with E-state index in [-0.39, 0.29) is 6.29 Å². The van der Waals surface area contributed by atoms with E-state index in [9.17, 15) is 9.18 Å². The van der Waals surface area contributed by atoms with Crippen molar-refractivity contribution in [2.75, 3.05) is 0 Å². The van der Waals surface area contributed by atoms with Gasteiger partial charge >= 0.3 is 0 Å². The maximum Gasteiger partial charge on any atom is 0.180 e. The van der Waals surface area contributed by atoms with Gasteiger partial charge in [-0.2, -0.15) is 0 Å². The summed E-state index contributed by atoms with van der Waals surface area (Å²) in [5.41, 5.74) is 0.321. The van der Waals surface area contributed by atoms with Gasteiger partial charge in [0.2, 0.25) is 0 Å². The number of halogens is 2. The summed E-state index contributed by atoms with van der Waals surface area (Å²) >= 11 is 3.07. The Hall–Kier alpha value is -0.770. The standard InChI is InChI=1S/C7H5BrFNO/c8-7-3-5(1-2-10-7)6(9)4-11/h1-4,6H. The molecule has 0 amide bonds. The number of hydrogen-bond acceptors (Lipinski definition) is 2. The number of aromatic nitrogens is 1. The third kappa shape index (κ3) is 2.08. The summed E-state index contributed by atoms with van der Waals surface area (Å²) in [5, 5.41) is 0. The quantitative estimate of drug-likeness (QED) is 0.561. The summed E-state index contributed by atoms with van der Waals surface area (Å²) < 4.78 is 13.2. The van der Waals surface area contributed by atoms with Gasteiger partial charge < -0.3 is 0 Å². The Morgan fingerprint density at radius 2 is 2.45 bits per heavy atom. The van der Waals surface area contributed by atoms with E-state index in [2.05, 4.69) is 20.9 Å². The van der Waals surface area contributed by atoms with E-state index in [0.29, 0.717) is 10.2 Å². The van der Waals surface area contributed by atoms with E-state index in [1.165, 1.54) is 18.3 Å². The molecule has 0 radical (unpaired) electrons. The summed E-state index contributed by atoms with van der Waals surface area (Å²) in [6.07, 6.45) is 0.145. The largest absolute Gasteiger partial charge is 0.300 e. The molecule has 1 aromatic rings. The van der Waals surface area contributed by atoms with E-state index in [4.69, 9.17) is 0 Å². The van der Waals surface area contributed by atoms with Crippen LogP contribution in [0.15, 0.2) is 22.9 Å². The van der Waals surface area contributed by atoms with Gasteiger partial charge in [-0.1, -0.05) is 0 Å². The molecule has 0 saturated carbocycles. The minimum atomic E-state index is -1.55. The van der Waals surface area contributed by atoms with E-state index >= 15 is 0 Å². The molecule has 11 heavy (non-hydrogen) atoms. The van der Waals surface area contributed by atoms with Crippen LogP contribution in [0, 0.1) is 0 Å². The topological polar surface area (TPSA) is 30.0 Å². The molecule has 0 fully saturated rings. The van der Waals surface area contributed by atoms with Crippen molar-refractivity contribution in [2.24, 2.45) is 0 Å². The fourth-order valence-corrected chi connectivity index (χ4v) is 1.05. The van der Waals surface area contributed by atoms with Crippen LogP contribution in [0.5, 0.6) is 0 Å². The molecular formula is C7H5BrFNO. The summed E-state index contributed by atoms with van der Waals surface area (Å²) in [6, 6.07) is 2.93. The first-order valence-corrected chi connectivity index (χ1v) is 3.74. The molecule has 0 aliphatic carbocycles. The van der Waals surface area contributed by atoms with Crippen molar-refractivity contribution < 1.29 is 9.18 Å². The summed E-state index contributed by atoms with van der Waals surface area (Å²) in [5.74, 6) is 0.